The highest BCUT2D eigenvalue weighted by Gasteiger charge is 2.14. The van der Waals surface area contributed by atoms with E-state index in [0.29, 0.717) is 13.1 Å². The molecule has 0 saturated carbocycles. The predicted octanol–water partition coefficient (Wildman–Crippen LogP) is 1.61. The van der Waals surface area contributed by atoms with Gasteiger partial charge in [0, 0.05) is 26.2 Å². The molecule has 1 saturated heterocycles. The summed E-state index contributed by atoms with van der Waals surface area (Å²) in [5.74, 6) is 1.81. The summed E-state index contributed by atoms with van der Waals surface area (Å²) in [7, 11) is -3.09. The van der Waals surface area contributed by atoms with Crippen LogP contribution < -0.4 is 15.4 Å². The highest BCUT2D eigenvalue weighted by atomic mass is 127. The first kappa shape index (κ1) is 25.9. The fourth-order valence-corrected chi connectivity index (χ4v) is 3.40. The van der Waals surface area contributed by atoms with Gasteiger partial charge in [0.25, 0.3) is 0 Å². The summed E-state index contributed by atoms with van der Waals surface area (Å²) in [6.45, 7) is 12.4. The van der Waals surface area contributed by atoms with Crippen molar-refractivity contribution >= 4 is 40.0 Å². The molecular formula is C17H38IN5O2S. The van der Waals surface area contributed by atoms with Gasteiger partial charge in [-0.3, -0.25) is 4.99 Å². The van der Waals surface area contributed by atoms with Gasteiger partial charge >= 0.3 is 0 Å². The zero-order valence-electron chi connectivity index (χ0n) is 16.6. The van der Waals surface area contributed by atoms with Crippen LogP contribution in [0.2, 0.25) is 0 Å². The maximum Gasteiger partial charge on any atom is 0.211 e. The van der Waals surface area contributed by atoms with E-state index < -0.39 is 10.0 Å². The van der Waals surface area contributed by atoms with Crippen LogP contribution in [0.25, 0.3) is 0 Å². The minimum absolute atomic E-state index is 0. The van der Waals surface area contributed by atoms with Crippen molar-refractivity contribution < 1.29 is 8.42 Å². The molecule has 0 atom stereocenters. The van der Waals surface area contributed by atoms with E-state index in [2.05, 4.69) is 32.2 Å². The highest BCUT2D eigenvalue weighted by Crippen LogP contribution is 2.15. The van der Waals surface area contributed by atoms with Crippen molar-refractivity contribution in [3.63, 3.8) is 0 Å². The van der Waals surface area contributed by atoms with Gasteiger partial charge in [0.2, 0.25) is 10.0 Å². The van der Waals surface area contributed by atoms with Crippen molar-refractivity contribution in [2.24, 2.45) is 10.9 Å². The number of halogens is 1. The zero-order valence-corrected chi connectivity index (χ0v) is 19.7. The van der Waals surface area contributed by atoms with E-state index in [1.54, 1.807) is 6.92 Å². The van der Waals surface area contributed by atoms with Crippen LogP contribution in [-0.4, -0.2) is 70.8 Å². The van der Waals surface area contributed by atoms with Gasteiger partial charge in [0.1, 0.15) is 0 Å². The van der Waals surface area contributed by atoms with Gasteiger partial charge in [-0.1, -0.05) is 6.92 Å². The summed E-state index contributed by atoms with van der Waals surface area (Å²) < 4.78 is 25.3. The quantitative estimate of drug-likeness (QED) is 0.173. The summed E-state index contributed by atoms with van der Waals surface area (Å²) in [6, 6.07) is 0. The molecule has 1 fully saturated rings. The maximum absolute atomic E-state index is 11.4. The molecule has 1 heterocycles. The molecule has 26 heavy (non-hydrogen) atoms. The third kappa shape index (κ3) is 12.3. The van der Waals surface area contributed by atoms with Crippen LogP contribution in [0, 0.1) is 5.92 Å². The van der Waals surface area contributed by atoms with E-state index in [1.807, 2.05) is 6.92 Å². The Hall–Kier alpha value is -0.130. The Labute approximate surface area is 177 Å². The van der Waals surface area contributed by atoms with Crippen LogP contribution in [0.4, 0.5) is 0 Å². The third-order valence-corrected chi connectivity index (χ3v) is 5.87. The smallest absolute Gasteiger partial charge is 0.211 e. The maximum atomic E-state index is 11.4. The molecule has 1 aliphatic rings. The average Bonchev–Trinajstić information content (AvgIpc) is 2.59. The molecule has 0 aromatic rings. The van der Waals surface area contributed by atoms with E-state index in [9.17, 15) is 8.42 Å². The molecule has 0 bridgehead atoms. The van der Waals surface area contributed by atoms with Gasteiger partial charge in [0.05, 0.1) is 5.75 Å². The van der Waals surface area contributed by atoms with Gasteiger partial charge < -0.3 is 15.5 Å². The fraction of sp³-hybridized carbons (Fsp3) is 0.941. The first-order chi connectivity index (χ1) is 12.0. The Balaban J connectivity index is 0.00000625. The number of sulfonamides is 1. The van der Waals surface area contributed by atoms with Gasteiger partial charge in [-0.25, -0.2) is 13.1 Å². The van der Waals surface area contributed by atoms with Crippen LogP contribution in [0.1, 0.15) is 46.5 Å². The number of piperidine rings is 1. The number of hydrogen-bond donors (Lipinski definition) is 3. The topological polar surface area (TPSA) is 85.8 Å². The van der Waals surface area contributed by atoms with E-state index in [-0.39, 0.29) is 29.7 Å². The molecule has 1 rings (SSSR count). The molecule has 0 aromatic carbocycles. The minimum atomic E-state index is -3.09. The normalized spacial score (nSPS) is 17.0. The lowest BCUT2D eigenvalue weighted by Gasteiger charge is -2.29. The van der Waals surface area contributed by atoms with Gasteiger partial charge in [-0.05, 0) is 65.1 Å². The predicted molar refractivity (Wildman–Crippen MR) is 121 cm³/mol. The Morgan fingerprint density at radius 1 is 1.12 bits per heavy atom. The van der Waals surface area contributed by atoms with Crippen molar-refractivity contribution in [1.82, 2.24) is 20.3 Å². The number of rotatable bonds is 11. The monoisotopic (exact) mass is 503 g/mol. The molecule has 9 heteroatoms. The lowest BCUT2D eigenvalue weighted by molar-refractivity contribution is 0.192. The lowest BCUT2D eigenvalue weighted by Crippen LogP contribution is -2.39. The third-order valence-electron chi connectivity index (χ3n) is 4.47. The summed E-state index contributed by atoms with van der Waals surface area (Å²) in [5.41, 5.74) is 0. The molecule has 0 unspecified atom stereocenters. The van der Waals surface area contributed by atoms with Crippen LogP contribution in [0.5, 0.6) is 0 Å². The number of aliphatic imine (C=N–C) groups is 1. The molecular weight excluding hydrogens is 465 g/mol. The molecule has 0 aromatic heterocycles. The lowest BCUT2D eigenvalue weighted by atomic mass is 9.99. The first-order valence-electron chi connectivity index (χ1n) is 9.68. The molecule has 0 spiro atoms. The second-order valence-electron chi connectivity index (χ2n) is 6.72. The second kappa shape index (κ2) is 14.9. The van der Waals surface area contributed by atoms with Gasteiger partial charge in [-0.15, -0.1) is 24.0 Å². The van der Waals surface area contributed by atoms with E-state index in [0.717, 1.165) is 44.4 Å². The minimum Gasteiger partial charge on any atom is -0.357 e. The van der Waals surface area contributed by atoms with Crippen molar-refractivity contribution in [2.45, 2.75) is 46.5 Å². The fourth-order valence-electron chi connectivity index (χ4n) is 2.74. The zero-order chi connectivity index (χ0) is 18.5. The largest absolute Gasteiger partial charge is 0.357 e. The van der Waals surface area contributed by atoms with Gasteiger partial charge in [0.15, 0.2) is 5.96 Å². The van der Waals surface area contributed by atoms with Gasteiger partial charge in [-0.2, -0.15) is 0 Å². The summed E-state index contributed by atoms with van der Waals surface area (Å²) in [6.07, 6.45) is 4.43. The number of nitrogens with one attached hydrogen (secondary N) is 3. The van der Waals surface area contributed by atoms with Crippen molar-refractivity contribution in [3.8, 4) is 0 Å². The molecule has 0 aliphatic carbocycles. The van der Waals surface area contributed by atoms with Crippen LogP contribution >= 0.6 is 24.0 Å². The van der Waals surface area contributed by atoms with Crippen LogP contribution in [-0.2, 0) is 10.0 Å². The number of guanidine groups is 1. The number of hydrogen-bond acceptors (Lipinski definition) is 4. The number of likely N-dealkylation sites (tertiary alicyclic amines) is 1. The second-order valence-corrected chi connectivity index (χ2v) is 8.81. The Bertz CT molecular complexity index is 480. The van der Waals surface area contributed by atoms with E-state index in [4.69, 9.17) is 0 Å². The SMILES string of the molecule is CCNC(=NCCCN1CCC(C)CC1)NCCCNS(=O)(=O)CC.I. The summed E-state index contributed by atoms with van der Waals surface area (Å²) >= 11 is 0. The van der Waals surface area contributed by atoms with Crippen LogP contribution in [0.3, 0.4) is 0 Å². The van der Waals surface area contributed by atoms with Crippen molar-refractivity contribution in [3.05, 3.63) is 0 Å². The van der Waals surface area contributed by atoms with Crippen LogP contribution in [0.15, 0.2) is 4.99 Å². The van der Waals surface area contributed by atoms with E-state index in [1.165, 1.54) is 25.9 Å². The van der Waals surface area contributed by atoms with E-state index >= 15 is 0 Å². The average molecular weight is 503 g/mol. The first-order valence-corrected chi connectivity index (χ1v) is 11.3. The molecule has 1 aliphatic heterocycles. The van der Waals surface area contributed by atoms with Crippen molar-refractivity contribution in [2.75, 3.05) is 51.6 Å². The highest BCUT2D eigenvalue weighted by molar-refractivity contribution is 14.0. The Kier molecular flexibility index (Phi) is 14.8. The standard InChI is InChI=1S/C17H37N5O2S.HI/c1-4-18-17(19-10-6-12-21-25(23,24)5-2)20-11-7-13-22-14-8-16(3)9-15-22;/h16,21H,4-15H2,1-3H3,(H2,18,19,20);1H. The molecule has 0 radical (unpaired) electrons. The number of nitrogens with zero attached hydrogens (tertiary/aromatic N) is 2. The summed E-state index contributed by atoms with van der Waals surface area (Å²) in [5, 5.41) is 6.49. The summed E-state index contributed by atoms with van der Waals surface area (Å²) in [4.78, 5) is 7.14. The molecule has 7 nitrogen and oxygen atoms in total. The molecule has 156 valence electrons. The molecule has 3 N–H and O–H groups in total. The molecule has 0 amide bonds. The Morgan fingerprint density at radius 3 is 2.42 bits per heavy atom. The Morgan fingerprint density at radius 2 is 1.81 bits per heavy atom. The van der Waals surface area contributed by atoms with Crippen molar-refractivity contribution in [1.29, 1.82) is 0 Å².